The number of rotatable bonds is 4. The lowest BCUT2D eigenvalue weighted by molar-refractivity contribution is -0.136. The van der Waals surface area contributed by atoms with Crippen LogP contribution < -0.4 is 0 Å². The van der Waals surface area contributed by atoms with E-state index in [-0.39, 0.29) is 10.8 Å². The summed E-state index contributed by atoms with van der Waals surface area (Å²) in [6.45, 7) is 10.0. The normalized spacial score (nSPS) is 22.4. The summed E-state index contributed by atoms with van der Waals surface area (Å²) in [5.74, 6) is -0.0600. The number of nitrogens with zero attached hydrogens (tertiary/aromatic N) is 3. The Hall–Kier alpha value is -1.15. The van der Waals surface area contributed by atoms with Gasteiger partial charge in [-0.2, -0.15) is 4.31 Å². The van der Waals surface area contributed by atoms with Crippen LogP contribution in [-0.4, -0.2) is 73.7 Å². The van der Waals surface area contributed by atoms with Crippen molar-refractivity contribution in [3.05, 3.63) is 28.3 Å². The molecule has 2 heterocycles. The van der Waals surface area contributed by atoms with E-state index in [0.717, 1.165) is 25.2 Å². The van der Waals surface area contributed by atoms with Gasteiger partial charge in [0.1, 0.15) is 6.04 Å². The van der Waals surface area contributed by atoms with Crippen molar-refractivity contribution in [3.63, 3.8) is 0 Å². The lowest BCUT2D eigenvalue weighted by Crippen LogP contribution is -2.54. The van der Waals surface area contributed by atoms with Crippen LogP contribution in [0.3, 0.4) is 0 Å². The minimum Gasteiger partial charge on any atom is -0.339 e. The van der Waals surface area contributed by atoms with Crippen molar-refractivity contribution in [2.45, 2.75) is 44.6 Å². The number of aryl methyl sites for hydroxylation is 2. The van der Waals surface area contributed by atoms with Gasteiger partial charge in [-0.25, -0.2) is 8.42 Å². The van der Waals surface area contributed by atoms with Gasteiger partial charge in [-0.1, -0.05) is 18.5 Å². The van der Waals surface area contributed by atoms with E-state index in [1.54, 1.807) is 26.0 Å². The number of hydrogen-bond acceptors (Lipinski definition) is 4. The average Bonchev–Trinajstić information content (AvgIpc) is 3.14. The van der Waals surface area contributed by atoms with Crippen molar-refractivity contribution < 1.29 is 13.2 Å². The standard InChI is InChI=1S/C19H28ClN3O3S/c1-4-21-8-10-22(11-9-21)19(24)17-6-5-7-23(17)27(25,26)18-13-14(2)16(20)12-15(18)3/h12-13,17H,4-11H2,1-3H3/t17-/m1/s1. The largest absolute Gasteiger partial charge is 0.339 e. The summed E-state index contributed by atoms with van der Waals surface area (Å²) in [5.41, 5.74) is 1.33. The van der Waals surface area contributed by atoms with Crippen molar-refractivity contribution in [1.29, 1.82) is 0 Å². The predicted molar refractivity (Wildman–Crippen MR) is 107 cm³/mol. The summed E-state index contributed by atoms with van der Waals surface area (Å²) >= 11 is 6.13. The zero-order valence-corrected chi connectivity index (χ0v) is 17.8. The van der Waals surface area contributed by atoms with E-state index in [1.807, 2.05) is 4.90 Å². The molecule has 2 saturated heterocycles. The smallest absolute Gasteiger partial charge is 0.244 e. The molecule has 0 N–H and O–H groups in total. The number of hydrogen-bond donors (Lipinski definition) is 0. The molecule has 1 atom stereocenters. The highest BCUT2D eigenvalue weighted by molar-refractivity contribution is 7.89. The maximum atomic E-state index is 13.3. The Bertz CT molecular complexity index is 820. The number of amides is 1. The van der Waals surface area contributed by atoms with Crippen LogP contribution in [0.1, 0.15) is 30.9 Å². The van der Waals surface area contributed by atoms with Crippen LogP contribution in [0.5, 0.6) is 0 Å². The molecule has 0 aromatic heterocycles. The zero-order valence-electron chi connectivity index (χ0n) is 16.2. The second-order valence-electron chi connectivity index (χ2n) is 7.40. The lowest BCUT2D eigenvalue weighted by Gasteiger charge is -2.36. The summed E-state index contributed by atoms with van der Waals surface area (Å²) in [5, 5.41) is 0.550. The maximum absolute atomic E-state index is 13.3. The van der Waals surface area contributed by atoms with Crippen molar-refractivity contribution >= 4 is 27.5 Å². The molecule has 0 saturated carbocycles. The van der Waals surface area contributed by atoms with Gasteiger partial charge in [0.15, 0.2) is 0 Å². The minimum absolute atomic E-state index is 0.0600. The molecule has 0 spiro atoms. The first kappa shape index (κ1) is 20.6. The molecule has 1 aromatic carbocycles. The van der Waals surface area contributed by atoms with Crippen molar-refractivity contribution in [2.75, 3.05) is 39.3 Å². The van der Waals surface area contributed by atoms with Gasteiger partial charge < -0.3 is 9.80 Å². The summed E-state index contributed by atoms with van der Waals surface area (Å²) in [6.07, 6.45) is 1.29. The first-order valence-corrected chi connectivity index (χ1v) is 11.4. The SMILES string of the molecule is CCN1CCN(C(=O)[C@H]2CCCN2S(=O)(=O)c2cc(C)c(Cl)cc2C)CC1. The van der Waals surface area contributed by atoms with Crippen LogP contribution in [-0.2, 0) is 14.8 Å². The van der Waals surface area contributed by atoms with E-state index >= 15 is 0 Å². The topological polar surface area (TPSA) is 60.9 Å². The monoisotopic (exact) mass is 413 g/mol. The number of carbonyl (C=O) groups excluding carboxylic acids is 1. The Kier molecular flexibility index (Phi) is 6.15. The Morgan fingerprint density at radius 1 is 1.11 bits per heavy atom. The van der Waals surface area contributed by atoms with E-state index < -0.39 is 16.1 Å². The summed E-state index contributed by atoms with van der Waals surface area (Å²) in [4.78, 5) is 17.4. The maximum Gasteiger partial charge on any atom is 0.244 e. The Morgan fingerprint density at radius 2 is 1.78 bits per heavy atom. The molecule has 0 aliphatic carbocycles. The van der Waals surface area contributed by atoms with Gasteiger partial charge in [0.05, 0.1) is 4.90 Å². The van der Waals surface area contributed by atoms with Crippen LogP contribution >= 0.6 is 11.6 Å². The molecule has 0 bridgehead atoms. The molecule has 8 heteroatoms. The Morgan fingerprint density at radius 3 is 2.41 bits per heavy atom. The predicted octanol–water partition coefficient (Wildman–Crippen LogP) is 2.27. The van der Waals surface area contributed by atoms with Gasteiger partial charge in [-0.3, -0.25) is 4.79 Å². The number of carbonyl (C=O) groups is 1. The molecule has 6 nitrogen and oxygen atoms in total. The van der Waals surface area contributed by atoms with Crippen molar-refractivity contribution in [2.24, 2.45) is 0 Å². The first-order valence-electron chi connectivity index (χ1n) is 9.55. The van der Waals surface area contributed by atoms with Crippen LogP contribution in [0.2, 0.25) is 5.02 Å². The van der Waals surface area contributed by atoms with E-state index in [9.17, 15) is 13.2 Å². The van der Waals surface area contributed by atoms with E-state index in [1.165, 1.54) is 4.31 Å². The molecular formula is C19H28ClN3O3S. The molecule has 0 unspecified atom stereocenters. The highest BCUT2D eigenvalue weighted by Gasteiger charge is 2.42. The summed E-state index contributed by atoms with van der Waals surface area (Å²) in [6, 6.07) is 2.70. The molecule has 0 radical (unpaired) electrons. The number of halogens is 1. The third-order valence-corrected chi connectivity index (χ3v) is 8.12. The Labute approximate surface area is 167 Å². The average molecular weight is 414 g/mol. The Balaban J connectivity index is 1.83. The molecule has 2 aliphatic rings. The molecular weight excluding hydrogens is 386 g/mol. The van der Waals surface area contributed by atoms with Gasteiger partial charge in [0.2, 0.25) is 15.9 Å². The summed E-state index contributed by atoms with van der Waals surface area (Å²) in [7, 11) is -3.74. The third-order valence-electron chi connectivity index (χ3n) is 5.66. The van der Waals surface area contributed by atoms with Crippen molar-refractivity contribution in [1.82, 2.24) is 14.1 Å². The number of piperazine rings is 1. The molecule has 2 fully saturated rings. The summed E-state index contributed by atoms with van der Waals surface area (Å²) < 4.78 is 28.0. The quantitative estimate of drug-likeness (QED) is 0.759. The minimum atomic E-state index is -3.74. The molecule has 3 rings (SSSR count). The highest BCUT2D eigenvalue weighted by atomic mass is 35.5. The fraction of sp³-hybridized carbons (Fsp3) is 0.632. The fourth-order valence-corrected chi connectivity index (χ4v) is 6.09. The van der Waals surface area contributed by atoms with Gasteiger partial charge in [0, 0.05) is 37.7 Å². The second-order valence-corrected chi connectivity index (χ2v) is 9.67. The van der Waals surface area contributed by atoms with E-state index in [0.29, 0.717) is 43.1 Å². The fourth-order valence-electron chi connectivity index (χ4n) is 3.93. The van der Waals surface area contributed by atoms with E-state index in [2.05, 4.69) is 11.8 Å². The van der Waals surface area contributed by atoms with Crippen LogP contribution in [0.15, 0.2) is 17.0 Å². The molecule has 27 heavy (non-hydrogen) atoms. The third kappa shape index (κ3) is 4.01. The molecule has 150 valence electrons. The first-order chi connectivity index (χ1) is 12.8. The van der Waals surface area contributed by atoms with Gasteiger partial charge in [-0.05, 0) is 56.5 Å². The number of sulfonamides is 1. The van der Waals surface area contributed by atoms with Crippen molar-refractivity contribution in [3.8, 4) is 0 Å². The van der Waals surface area contributed by atoms with Crippen LogP contribution in [0.4, 0.5) is 0 Å². The lowest BCUT2D eigenvalue weighted by atomic mass is 10.2. The van der Waals surface area contributed by atoms with Crippen LogP contribution in [0, 0.1) is 13.8 Å². The highest BCUT2D eigenvalue weighted by Crippen LogP contribution is 2.31. The molecule has 1 amide bonds. The van der Waals surface area contributed by atoms with Gasteiger partial charge >= 0.3 is 0 Å². The second kappa shape index (κ2) is 8.07. The number of benzene rings is 1. The molecule has 2 aliphatic heterocycles. The number of likely N-dealkylation sites (N-methyl/N-ethyl adjacent to an activating group) is 1. The van der Waals surface area contributed by atoms with E-state index in [4.69, 9.17) is 11.6 Å². The van der Waals surface area contributed by atoms with Gasteiger partial charge in [0.25, 0.3) is 0 Å². The zero-order chi connectivity index (χ0) is 19.8. The molecule has 1 aromatic rings. The van der Waals surface area contributed by atoms with Gasteiger partial charge in [-0.15, -0.1) is 0 Å². The van der Waals surface area contributed by atoms with Crippen LogP contribution in [0.25, 0.3) is 0 Å².